The Morgan fingerprint density at radius 1 is 1.02 bits per heavy atom. The van der Waals surface area contributed by atoms with Gasteiger partial charge in [-0.1, -0.05) is 22.5 Å². The second kappa shape index (κ2) is 11.5. The van der Waals surface area contributed by atoms with Gasteiger partial charge in [0.15, 0.2) is 5.78 Å². The standard InChI is InChI=1S/C30H33Br2N5O3/c1-5-28(39)35-15-21(16-35)10-24(38)17-36-20(4)29(25-11-22(31)6-8-26(25)36)30(40)37-18(2)13-34(14-19(37)3)27-9-7-23(32)12-33-27/h5-9,11-12,18-19,21H,1,10,13-17H2,2-4H3. The highest BCUT2D eigenvalue weighted by molar-refractivity contribution is 9.10. The van der Waals surface area contributed by atoms with E-state index in [1.54, 1.807) is 11.1 Å². The Labute approximate surface area is 251 Å². The Balaban J connectivity index is 1.38. The number of amides is 2. The first kappa shape index (κ1) is 28.5. The van der Waals surface area contributed by atoms with E-state index in [2.05, 4.69) is 62.2 Å². The molecule has 2 unspecified atom stereocenters. The minimum Gasteiger partial charge on any atom is -0.353 e. The van der Waals surface area contributed by atoms with Crippen LogP contribution in [0, 0.1) is 12.8 Å². The third-order valence-electron chi connectivity index (χ3n) is 7.98. The fourth-order valence-corrected chi connectivity index (χ4v) is 6.69. The molecule has 210 valence electrons. The summed E-state index contributed by atoms with van der Waals surface area (Å²) < 4.78 is 3.78. The number of ketones is 1. The Morgan fingerprint density at radius 2 is 1.70 bits per heavy atom. The molecule has 0 N–H and O–H groups in total. The molecule has 2 amide bonds. The molecule has 2 aliphatic heterocycles. The number of piperazine rings is 1. The number of nitrogens with zero attached hydrogens (tertiary/aromatic N) is 5. The van der Waals surface area contributed by atoms with Crippen molar-refractivity contribution in [1.82, 2.24) is 19.4 Å². The molecule has 40 heavy (non-hydrogen) atoms. The summed E-state index contributed by atoms with van der Waals surface area (Å²) in [5.41, 5.74) is 2.30. The van der Waals surface area contributed by atoms with Crippen molar-refractivity contribution in [2.45, 2.75) is 45.8 Å². The molecule has 2 fully saturated rings. The van der Waals surface area contributed by atoms with Crippen LogP contribution in [0.1, 0.15) is 36.3 Å². The van der Waals surface area contributed by atoms with Gasteiger partial charge in [0.1, 0.15) is 5.82 Å². The lowest BCUT2D eigenvalue weighted by Gasteiger charge is -2.45. The molecule has 0 aliphatic carbocycles. The van der Waals surface area contributed by atoms with Crippen molar-refractivity contribution in [2.75, 3.05) is 31.1 Å². The average Bonchev–Trinajstić information content (AvgIpc) is 3.15. The van der Waals surface area contributed by atoms with Gasteiger partial charge in [0.2, 0.25) is 5.91 Å². The second-order valence-corrected chi connectivity index (χ2v) is 12.7. The molecule has 4 heterocycles. The smallest absolute Gasteiger partial charge is 0.256 e. The Hall–Kier alpha value is -2.98. The van der Waals surface area contributed by atoms with Gasteiger partial charge < -0.3 is 19.3 Å². The number of anilines is 1. The third-order valence-corrected chi connectivity index (χ3v) is 8.95. The first-order chi connectivity index (χ1) is 19.1. The summed E-state index contributed by atoms with van der Waals surface area (Å²) in [5.74, 6) is 1.03. The predicted octanol–water partition coefficient (Wildman–Crippen LogP) is 5.21. The quantitative estimate of drug-likeness (QED) is 0.323. The molecule has 0 radical (unpaired) electrons. The zero-order valence-electron chi connectivity index (χ0n) is 22.9. The lowest BCUT2D eigenvalue weighted by Crippen LogP contribution is -2.59. The Kier molecular flexibility index (Phi) is 8.20. The Bertz CT molecular complexity index is 1470. The van der Waals surface area contributed by atoms with Crippen molar-refractivity contribution >= 4 is 66.2 Å². The van der Waals surface area contributed by atoms with Crippen molar-refractivity contribution < 1.29 is 14.4 Å². The minimum atomic E-state index is -0.0953. The van der Waals surface area contributed by atoms with Gasteiger partial charge in [0.25, 0.3) is 5.91 Å². The molecule has 2 aliphatic rings. The van der Waals surface area contributed by atoms with Crippen LogP contribution < -0.4 is 4.90 Å². The fourth-order valence-electron chi connectivity index (χ4n) is 6.09. The van der Waals surface area contributed by atoms with Crippen LogP contribution >= 0.6 is 31.9 Å². The molecule has 8 nitrogen and oxygen atoms in total. The minimum absolute atomic E-state index is 0.0206. The molecule has 2 atom stereocenters. The monoisotopic (exact) mass is 669 g/mol. The Morgan fingerprint density at radius 3 is 2.33 bits per heavy atom. The molecular formula is C30H33Br2N5O3. The molecule has 5 rings (SSSR count). The number of hydrogen-bond donors (Lipinski definition) is 0. The first-order valence-corrected chi connectivity index (χ1v) is 15.1. The van der Waals surface area contributed by atoms with Crippen LogP contribution in [-0.2, 0) is 16.1 Å². The summed E-state index contributed by atoms with van der Waals surface area (Å²) in [4.78, 5) is 49.6. The van der Waals surface area contributed by atoms with Gasteiger partial charge in [-0.05, 0) is 73.1 Å². The molecule has 10 heteroatoms. The van der Waals surface area contributed by atoms with Gasteiger partial charge in [-0.15, -0.1) is 0 Å². The summed E-state index contributed by atoms with van der Waals surface area (Å²) in [6, 6.07) is 9.78. The number of carbonyl (C=O) groups excluding carboxylic acids is 3. The molecule has 1 aromatic carbocycles. The third kappa shape index (κ3) is 5.48. The number of halogens is 2. The number of rotatable bonds is 7. The SMILES string of the molecule is C=CC(=O)N1CC(CC(=O)Cn2c(C)c(C(=O)N3C(C)CN(c4ccc(Br)cn4)CC3C)c3cc(Br)ccc32)C1. The normalized spacial score (nSPS) is 19.6. The maximum Gasteiger partial charge on any atom is 0.256 e. The highest BCUT2D eigenvalue weighted by atomic mass is 79.9. The van der Waals surface area contributed by atoms with Crippen molar-refractivity contribution in [2.24, 2.45) is 5.92 Å². The number of benzene rings is 1. The zero-order chi connectivity index (χ0) is 28.7. The average molecular weight is 671 g/mol. The maximum absolute atomic E-state index is 14.2. The lowest BCUT2D eigenvalue weighted by molar-refractivity contribution is -0.134. The van der Waals surface area contributed by atoms with Gasteiger partial charge in [-0.3, -0.25) is 14.4 Å². The molecule has 2 saturated heterocycles. The predicted molar refractivity (Wildman–Crippen MR) is 164 cm³/mol. The number of carbonyl (C=O) groups is 3. The number of likely N-dealkylation sites (tertiary alicyclic amines) is 1. The summed E-state index contributed by atoms with van der Waals surface area (Å²) in [5, 5.41) is 0.840. The zero-order valence-corrected chi connectivity index (χ0v) is 26.1. The van der Waals surface area contributed by atoms with Crippen molar-refractivity contribution in [3.63, 3.8) is 0 Å². The van der Waals surface area contributed by atoms with Crippen LogP contribution in [0.25, 0.3) is 10.9 Å². The van der Waals surface area contributed by atoms with E-state index in [1.165, 1.54) is 6.08 Å². The van der Waals surface area contributed by atoms with Crippen LogP contribution in [0.3, 0.4) is 0 Å². The van der Waals surface area contributed by atoms with E-state index < -0.39 is 0 Å². The largest absolute Gasteiger partial charge is 0.353 e. The fraction of sp³-hybridized carbons (Fsp3) is 0.400. The van der Waals surface area contributed by atoms with Crippen LogP contribution in [0.4, 0.5) is 5.82 Å². The second-order valence-electron chi connectivity index (χ2n) is 10.9. The van der Waals surface area contributed by atoms with Crippen molar-refractivity contribution in [3.05, 3.63) is 69.4 Å². The van der Waals surface area contributed by atoms with Crippen molar-refractivity contribution in [3.8, 4) is 0 Å². The van der Waals surface area contributed by atoms with Gasteiger partial charge in [0.05, 0.1) is 12.1 Å². The van der Waals surface area contributed by atoms with Crippen molar-refractivity contribution in [1.29, 1.82) is 0 Å². The maximum atomic E-state index is 14.2. The van der Waals surface area contributed by atoms with Crippen LogP contribution in [0.2, 0.25) is 0 Å². The van der Waals surface area contributed by atoms with E-state index in [4.69, 9.17) is 0 Å². The number of Topliss-reactive ketones (excluding diaryl/α,β-unsaturated/α-hetero) is 1. The van der Waals surface area contributed by atoms with Gasteiger partial charge in [0, 0.05) is 82.3 Å². The number of aromatic nitrogens is 2. The topological polar surface area (TPSA) is 78.8 Å². The van der Waals surface area contributed by atoms with E-state index >= 15 is 0 Å². The summed E-state index contributed by atoms with van der Waals surface area (Å²) >= 11 is 7.02. The molecule has 3 aromatic rings. The number of hydrogen-bond acceptors (Lipinski definition) is 5. The van der Waals surface area contributed by atoms with E-state index in [0.717, 1.165) is 31.4 Å². The molecule has 2 aromatic heterocycles. The van der Waals surface area contributed by atoms with Gasteiger partial charge >= 0.3 is 0 Å². The lowest BCUT2D eigenvalue weighted by atomic mass is 9.94. The molecular weight excluding hydrogens is 638 g/mol. The van der Waals surface area contributed by atoms with Gasteiger partial charge in [-0.25, -0.2) is 4.98 Å². The van der Waals surface area contributed by atoms with Crippen LogP contribution in [-0.4, -0.2) is 75.2 Å². The van der Waals surface area contributed by atoms with E-state index in [1.807, 2.05) is 46.7 Å². The summed E-state index contributed by atoms with van der Waals surface area (Å²) in [6.07, 6.45) is 3.50. The number of pyridine rings is 1. The van der Waals surface area contributed by atoms with E-state index in [0.29, 0.717) is 38.2 Å². The number of fused-ring (bicyclic) bond motifs is 1. The van der Waals surface area contributed by atoms with E-state index in [-0.39, 0.29) is 42.1 Å². The molecule has 0 spiro atoms. The highest BCUT2D eigenvalue weighted by Crippen LogP contribution is 2.33. The molecule has 0 bridgehead atoms. The highest BCUT2D eigenvalue weighted by Gasteiger charge is 2.36. The summed E-state index contributed by atoms with van der Waals surface area (Å²) in [6.45, 7) is 12.3. The molecule has 0 saturated carbocycles. The van der Waals surface area contributed by atoms with Crippen LogP contribution in [0.5, 0.6) is 0 Å². The van der Waals surface area contributed by atoms with Crippen LogP contribution in [0.15, 0.2) is 58.1 Å². The summed E-state index contributed by atoms with van der Waals surface area (Å²) in [7, 11) is 0. The van der Waals surface area contributed by atoms with E-state index in [9.17, 15) is 14.4 Å². The first-order valence-electron chi connectivity index (χ1n) is 13.5. The van der Waals surface area contributed by atoms with Gasteiger partial charge in [-0.2, -0.15) is 0 Å².